The molecule has 1 N–H and O–H groups in total. The van der Waals surface area contributed by atoms with E-state index < -0.39 is 33.7 Å². The van der Waals surface area contributed by atoms with E-state index in [-0.39, 0.29) is 12.6 Å². The zero-order chi connectivity index (χ0) is 15.4. The predicted molar refractivity (Wildman–Crippen MR) is 68.9 cm³/mol. The van der Waals surface area contributed by atoms with Crippen molar-refractivity contribution in [3.63, 3.8) is 0 Å². The number of carbonyl (C=O) groups is 1. The maximum absolute atomic E-state index is 13.2. The number of nitro groups is 1. The summed E-state index contributed by atoms with van der Waals surface area (Å²) in [7, 11) is 0. The molecule has 0 bridgehead atoms. The molecule has 1 atom stereocenters. The molecule has 0 aromatic heterocycles. The van der Waals surface area contributed by atoms with Crippen molar-refractivity contribution in [2.24, 2.45) is 0 Å². The van der Waals surface area contributed by atoms with Gasteiger partial charge in [-0.3, -0.25) is 14.9 Å². The van der Waals surface area contributed by atoms with Crippen LogP contribution in [0.4, 0.5) is 14.5 Å². The number of ether oxygens (including phenoxy) is 1. The average molecular weight is 300 g/mol. The molecule has 6 nitrogen and oxygen atoms in total. The monoisotopic (exact) mass is 300 g/mol. The Morgan fingerprint density at radius 1 is 1.38 bits per heavy atom. The first kappa shape index (κ1) is 15.3. The number of benzene rings is 1. The van der Waals surface area contributed by atoms with Crippen LogP contribution in [-0.2, 0) is 4.74 Å². The summed E-state index contributed by atoms with van der Waals surface area (Å²) in [6.07, 6.45) is 2.55. The second-order valence-corrected chi connectivity index (χ2v) is 4.74. The molecule has 8 heteroatoms. The number of amides is 1. The van der Waals surface area contributed by atoms with Crippen LogP contribution in [-0.4, -0.2) is 30.1 Å². The number of hydrogen-bond acceptors (Lipinski definition) is 4. The second kappa shape index (κ2) is 6.57. The summed E-state index contributed by atoms with van der Waals surface area (Å²) in [4.78, 5) is 21.8. The lowest BCUT2D eigenvalue weighted by atomic mass is 10.1. The third-order valence-electron chi connectivity index (χ3n) is 3.24. The molecular formula is C13H14F2N2O4. The van der Waals surface area contributed by atoms with E-state index in [1.165, 1.54) is 0 Å². The molecule has 1 aliphatic rings. The lowest BCUT2D eigenvalue weighted by Gasteiger charge is -2.22. The predicted octanol–water partition coefficient (Wildman–Crippen LogP) is 2.17. The molecular weight excluding hydrogens is 286 g/mol. The Labute approximate surface area is 119 Å². The molecule has 0 aliphatic carbocycles. The SMILES string of the molecule is O=C(NCC1CCCCO1)c1cc(F)c(F)cc1[N+](=O)[O-]. The molecule has 1 aromatic rings. The van der Waals surface area contributed by atoms with Gasteiger partial charge in [-0.2, -0.15) is 0 Å². The van der Waals surface area contributed by atoms with Crippen molar-refractivity contribution >= 4 is 11.6 Å². The Balaban J connectivity index is 2.10. The number of hydrogen-bond donors (Lipinski definition) is 1. The van der Waals surface area contributed by atoms with Crippen molar-refractivity contribution in [2.45, 2.75) is 25.4 Å². The number of nitrogens with zero attached hydrogens (tertiary/aromatic N) is 1. The summed E-state index contributed by atoms with van der Waals surface area (Å²) in [5.41, 5.74) is -1.27. The first-order valence-electron chi connectivity index (χ1n) is 6.52. The van der Waals surface area contributed by atoms with Gasteiger partial charge in [0.2, 0.25) is 0 Å². The average Bonchev–Trinajstić information content (AvgIpc) is 2.48. The molecule has 2 rings (SSSR count). The van der Waals surface area contributed by atoms with Gasteiger partial charge in [-0.05, 0) is 25.3 Å². The third kappa shape index (κ3) is 3.72. The first-order valence-corrected chi connectivity index (χ1v) is 6.52. The Morgan fingerprint density at radius 3 is 2.71 bits per heavy atom. The van der Waals surface area contributed by atoms with Gasteiger partial charge in [-0.15, -0.1) is 0 Å². The minimum atomic E-state index is -1.37. The van der Waals surface area contributed by atoms with E-state index in [4.69, 9.17) is 4.74 Å². The minimum Gasteiger partial charge on any atom is -0.376 e. The van der Waals surface area contributed by atoms with E-state index in [9.17, 15) is 23.7 Å². The fraction of sp³-hybridized carbons (Fsp3) is 0.462. The maximum atomic E-state index is 13.2. The van der Waals surface area contributed by atoms with E-state index in [2.05, 4.69) is 5.32 Å². The van der Waals surface area contributed by atoms with Gasteiger partial charge in [0.25, 0.3) is 11.6 Å². The number of nitro benzene ring substituents is 1. The summed E-state index contributed by atoms with van der Waals surface area (Å²) in [6.45, 7) is 0.779. The van der Waals surface area contributed by atoms with Crippen LogP contribution in [0.15, 0.2) is 12.1 Å². The molecule has 1 aliphatic heterocycles. The summed E-state index contributed by atoms with van der Waals surface area (Å²) >= 11 is 0. The van der Waals surface area contributed by atoms with Gasteiger partial charge in [0.15, 0.2) is 11.6 Å². The van der Waals surface area contributed by atoms with E-state index in [1.54, 1.807) is 0 Å². The smallest absolute Gasteiger partial charge is 0.285 e. The molecule has 1 unspecified atom stereocenters. The van der Waals surface area contributed by atoms with Crippen LogP contribution < -0.4 is 5.32 Å². The second-order valence-electron chi connectivity index (χ2n) is 4.74. The minimum absolute atomic E-state index is 0.160. The maximum Gasteiger partial charge on any atom is 0.285 e. The van der Waals surface area contributed by atoms with E-state index in [1.807, 2.05) is 0 Å². The number of carbonyl (C=O) groups excluding carboxylic acids is 1. The Kier molecular flexibility index (Phi) is 4.79. The quantitative estimate of drug-likeness (QED) is 0.682. The molecule has 21 heavy (non-hydrogen) atoms. The lowest BCUT2D eigenvalue weighted by molar-refractivity contribution is -0.385. The van der Waals surface area contributed by atoms with Crippen molar-refractivity contribution in [3.8, 4) is 0 Å². The summed E-state index contributed by atoms with van der Waals surface area (Å²) < 4.78 is 31.6. The number of rotatable bonds is 4. The fourth-order valence-electron chi connectivity index (χ4n) is 2.14. The molecule has 0 radical (unpaired) electrons. The number of nitrogens with one attached hydrogen (secondary N) is 1. The van der Waals surface area contributed by atoms with Crippen LogP contribution >= 0.6 is 0 Å². The molecule has 1 aromatic carbocycles. The van der Waals surface area contributed by atoms with Crippen molar-refractivity contribution in [1.82, 2.24) is 5.32 Å². The standard InChI is InChI=1S/C13H14F2N2O4/c14-10-5-9(12(17(19)20)6-11(10)15)13(18)16-7-8-3-1-2-4-21-8/h5-6,8H,1-4,7H2,(H,16,18). The van der Waals surface area contributed by atoms with E-state index in [0.717, 1.165) is 19.3 Å². The third-order valence-corrected chi connectivity index (χ3v) is 3.24. The van der Waals surface area contributed by atoms with Crippen LogP contribution in [0.2, 0.25) is 0 Å². The molecule has 0 saturated carbocycles. The highest BCUT2D eigenvalue weighted by molar-refractivity contribution is 5.98. The van der Waals surface area contributed by atoms with Gasteiger partial charge >= 0.3 is 0 Å². The topological polar surface area (TPSA) is 81.5 Å². The molecule has 1 amide bonds. The van der Waals surface area contributed by atoms with Crippen LogP contribution in [0, 0.1) is 21.7 Å². The summed E-state index contributed by atoms with van der Waals surface area (Å²) in [5, 5.41) is 13.3. The van der Waals surface area contributed by atoms with Gasteiger partial charge in [-0.25, -0.2) is 8.78 Å². The normalized spacial score (nSPS) is 18.3. The molecule has 0 spiro atoms. The van der Waals surface area contributed by atoms with Crippen LogP contribution in [0.1, 0.15) is 29.6 Å². The molecule has 1 saturated heterocycles. The van der Waals surface area contributed by atoms with Gasteiger partial charge < -0.3 is 10.1 Å². The number of halogens is 2. The van der Waals surface area contributed by atoms with Gasteiger partial charge in [-0.1, -0.05) is 0 Å². The summed E-state index contributed by atoms with van der Waals surface area (Å²) in [6, 6.07) is 0.936. The molecule has 114 valence electrons. The van der Waals surface area contributed by atoms with Crippen molar-refractivity contribution in [2.75, 3.05) is 13.2 Å². The Morgan fingerprint density at radius 2 is 2.10 bits per heavy atom. The molecule has 1 heterocycles. The highest BCUT2D eigenvalue weighted by atomic mass is 19.2. The fourth-order valence-corrected chi connectivity index (χ4v) is 2.14. The largest absolute Gasteiger partial charge is 0.376 e. The van der Waals surface area contributed by atoms with Crippen molar-refractivity contribution in [1.29, 1.82) is 0 Å². The first-order chi connectivity index (χ1) is 9.99. The van der Waals surface area contributed by atoms with Crippen LogP contribution in [0.5, 0.6) is 0 Å². The van der Waals surface area contributed by atoms with Gasteiger partial charge in [0.05, 0.1) is 17.1 Å². The Bertz CT molecular complexity index is 559. The highest BCUT2D eigenvalue weighted by Crippen LogP contribution is 2.22. The Hall–Kier alpha value is -2.09. The zero-order valence-corrected chi connectivity index (χ0v) is 11.1. The van der Waals surface area contributed by atoms with Crippen molar-refractivity contribution in [3.05, 3.63) is 39.4 Å². The highest BCUT2D eigenvalue weighted by Gasteiger charge is 2.24. The zero-order valence-electron chi connectivity index (χ0n) is 11.1. The van der Waals surface area contributed by atoms with Gasteiger partial charge in [0, 0.05) is 13.2 Å². The van der Waals surface area contributed by atoms with Crippen molar-refractivity contribution < 1.29 is 23.2 Å². The van der Waals surface area contributed by atoms with Crippen LogP contribution in [0.25, 0.3) is 0 Å². The van der Waals surface area contributed by atoms with E-state index in [0.29, 0.717) is 18.7 Å². The van der Waals surface area contributed by atoms with E-state index >= 15 is 0 Å². The van der Waals surface area contributed by atoms with Gasteiger partial charge in [0.1, 0.15) is 5.56 Å². The lowest BCUT2D eigenvalue weighted by Crippen LogP contribution is -2.35. The summed E-state index contributed by atoms with van der Waals surface area (Å²) in [5.74, 6) is -3.50. The molecule has 1 fully saturated rings. The van der Waals surface area contributed by atoms with Crippen LogP contribution in [0.3, 0.4) is 0 Å².